The highest BCUT2D eigenvalue weighted by molar-refractivity contribution is 5.89. The third kappa shape index (κ3) is 5.10. The second-order valence-electron chi connectivity index (χ2n) is 6.81. The van der Waals surface area contributed by atoms with Crippen LogP contribution in [-0.2, 0) is 17.9 Å². The van der Waals surface area contributed by atoms with Gasteiger partial charge in [-0.2, -0.15) is 4.57 Å². The van der Waals surface area contributed by atoms with E-state index in [1.54, 1.807) is 47.3 Å². The SMILES string of the molecule is O=C(C[n+]1cccc(Cn2nnc3ccccc3c2=O)c1)Nc1ccc([N+](=O)[O-])cc1.[Cl-]. The molecule has 0 radical (unpaired) electrons. The van der Waals surface area contributed by atoms with Gasteiger partial charge in [0.25, 0.3) is 17.2 Å². The van der Waals surface area contributed by atoms with E-state index in [1.165, 1.54) is 28.9 Å². The molecule has 11 heteroatoms. The van der Waals surface area contributed by atoms with Crippen LogP contribution in [0.25, 0.3) is 10.9 Å². The first-order valence-electron chi connectivity index (χ1n) is 9.34. The zero-order chi connectivity index (χ0) is 21.8. The Hall–Kier alpha value is -4.18. The summed E-state index contributed by atoms with van der Waals surface area (Å²) in [4.78, 5) is 35.1. The van der Waals surface area contributed by atoms with Crippen LogP contribution < -0.4 is 27.9 Å². The largest absolute Gasteiger partial charge is 1.00 e. The molecule has 1 amide bonds. The highest BCUT2D eigenvalue weighted by Crippen LogP contribution is 2.15. The number of amides is 1. The molecule has 162 valence electrons. The predicted octanol–water partition coefficient (Wildman–Crippen LogP) is -1.32. The molecule has 2 aromatic heterocycles. The number of anilines is 1. The number of aromatic nitrogens is 4. The smallest absolute Gasteiger partial charge is 0.290 e. The lowest BCUT2D eigenvalue weighted by atomic mass is 10.2. The number of nitro benzene ring substituents is 1. The topological polar surface area (TPSA) is 124 Å². The third-order valence-corrected chi connectivity index (χ3v) is 4.57. The molecular weight excluding hydrogens is 436 g/mol. The quantitative estimate of drug-likeness (QED) is 0.220. The number of nitro groups is 1. The van der Waals surface area contributed by atoms with Gasteiger partial charge in [0.15, 0.2) is 12.4 Å². The zero-order valence-electron chi connectivity index (χ0n) is 16.6. The molecule has 2 aromatic carbocycles. The van der Waals surface area contributed by atoms with Crippen LogP contribution in [-0.4, -0.2) is 25.8 Å². The Morgan fingerprint density at radius 1 is 1.09 bits per heavy atom. The van der Waals surface area contributed by atoms with Crippen molar-refractivity contribution < 1.29 is 26.7 Å². The minimum atomic E-state index is -0.502. The highest BCUT2D eigenvalue weighted by atomic mass is 35.5. The molecule has 1 N–H and O–H groups in total. The number of hydrogen-bond acceptors (Lipinski definition) is 6. The van der Waals surface area contributed by atoms with Crippen molar-refractivity contribution in [1.82, 2.24) is 15.0 Å². The molecule has 0 spiro atoms. The Morgan fingerprint density at radius 2 is 1.84 bits per heavy atom. The zero-order valence-corrected chi connectivity index (χ0v) is 17.3. The number of benzene rings is 2. The number of fused-ring (bicyclic) bond motifs is 1. The molecule has 32 heavy (non-hydrogen) atoms. The highest BCUT2D eigenvalue weighted by Gasteiger charge is 2.13. The summed E-state index contributed by atoms with van der Waals surface area (Å²) in [7, 11) is 0. The second-order valence-corrected chi connectivity index (χ2v) is 6.81. The van der Waals surface area contributed by atoms with E-state index in [9.17, 15) is 19.7 Å². The molecule has 0 fully saturated rings. The van der Waals surface area contributed by atoms with E-state index in [1.807, 2.05) is 6.07 Å². The lowest BCUT2D eigenvalue weighted by molar-refractivity contribution is -0.684. The van der Waals surface area contributed by atoms with E-state index in [2.05, 4.69) is 15.6 Å². The van der Waals surface area contributed by atoms with Gasteiger partial charge in [0.1, 0.15) is 5.52 Å². The molecule has 0 saturated carbocycles. The number of pyridine rings is 1. The molecule has 0 atom stereocenters. The molecule has 0 saturated heterocycles. The van der Waals surface area contributed by atoms with Crippen LogP contribution in [0.1, 0.15) is 5.56 Å². The van der Waals surface area contributed by atoms with E-state index < -0.39 is 4.92 Å². The molecule has 0 unspecified atom stereocenters. The van der Waals surface area contributed by atoms with E-state index >= 15 is 0 Å². The van der Waals surface area contributed by atoms with Gasteiger partial charge in [0.2, 0.25) is 6.54 Å². The molecule has 0 aliphatic heterocycles. The monoisotopic (exact) mass is 452 g/mol. The fourth-order valence-electron chi connectivity index (χ4n) is 3.10. The molecule has 4 rings (SSSR count). The summed E-state index contributed by atoms with van der Waals surface area (Å²) in [6, 6.07) is 16.2. The van der Waals surface area contributed by atoms with Gasteiger partial charge < -0.3 is 17.7 Å². The van der Waals surface area contributed by atoms with Gasteiger partial charge >= 0.3 is 0 Å². The number of nitrogens with one attached hydrogen (secondary N) is 1. The van der Waals surface area contributed by atoms with Gasteiger partial charge in [-0.15, -0.1) is 5.10 Å². The van der Waals surface area contributed by atoms with Crippen molar-refractivity contribution in [2.45, 2.75) is 13.1 Å². The Balaban J connectivity index is 0.00000289. The van der Waals surface area contributed by atoms with Crippen LogP contribution in [0.4, 0.5) is 11.4 Å². The number of carbonyl (C=O) groups excluding carboxylic acids is 1. The first kappa shape index (κ1) is 22.5. The fourth-order valence-corrected chi connectivity index (χ4v) is 3.10. The molecule has 4 aromatic rings. The second kappa shape index (κ2) is 9.75. The summed E-state index contributed by atoms with van der Waals surface area (Å²) >= 11 is 0. The maximum atomic E-state index is 12.6. The van der Waals surface area contributed by atoms with Crippen LogP contribution in [0.2, 0.25) is 0 Å². The molecule has 0 aliphatic rings. The van der Waals surface area contributed by atoms with Crippen LogP contribution in [0.3, 0.4) is 0 Å². The first-order valence-corrected chi connectivity index (χ1v) is 9.34. The van der Waals surface area contributed by atoms with Crippen molar-refractivity contribution >= 4 is 28.2 Å². The minimum absolute atomic E-state index is 0. The number of halogens is 1. The average Bonchev–Trinajstić information content (AvgIpc) is 2.76. The number of nitrogens with zero attached hydrogens (tertiary/aromatic N) is 5. The van der Waals surface area contributed by atoms with Crippen molar-refractivity contribution in [3.8, 4) is 0 Å². The van der Waals surface area contributed by atoms with Crippen molar-refractivity contribution in [2.75, 3.05) is 5.32 Å². The Kier molecular flexibility index (Phi) is 6.86. The summed E-state index contributed by atoms with van der Waals surface area (Å²) in [5, 5.41) is 22.0. The maximum Gasteiger partial charge on any atom is 0.290 e. The predicted molar refractivity (Wildman–Crippen MR) is 111 cm³/mol. The molecule has 2 heterocycles. The number of carbonyl (C=O) groups is 1. The Morgan fingerprint density at radius 3 is 2.59 bits per heavy atom. The van der Waals surface area contributed by atoms with E-state index in [0.717, 1.165) is 5.56 Å². The van der Waals surface area contributed by atoms with Crippen LogP contribution >= 0.6 is 0 Å². The van der Waals surface area contributed by atoms with E-state index in [-0.39, 0.29) is 42.7 Å². The standard InChI is InChI=1S/C21H16N6O4.ClH/c28-20(22-16-7-9-17(10-8-16)27(30)31)14-25-11-3-4-15(12-25)13-26-21(29)18-5-1-2-6-19(18)23-24-26;/h1-12H,13-14H2;1H. The third-order valence-electron chi connectivity index (χ3n) is 4.57. The Bertz CT molecular complexity index is 1340. The number of non-ortho nitro benzene ring substituents is 1. The van der Waals surface area contributed by atoms with Gasteiger partial charge in [0, 0.05) is 29.4 Å². The molecule has 0 bridgehead atoms. The number of rotatable bonds is 6. The van der Waals surface area contributed by atoms with Crippen molar-refractivity contribution in [3.63, 3.8) is 0 Å². The minimum Gasteiger partial charge on any atom is -1.00 e. The van der Waals surface area contributed by atoms with E-state index in [0.29, 0.717) is 16.6 Å². The molecular formula is C21H17ClN6O4. The molecule has 0 aliphatic carbocycles. The van der Waals surface area contributed by atoms with Crippen LogP contribution in [0.15, 0.2) is 77.9 Å². The van der Waals surface area contributed by atoms with Crippen molar-refractivity contribution in [2.24, 2.45) is 0 Å². The lowest BCUT2D eigenvalue weighted by Crippen LogP contribution is -3.00. The van der Waals surface area contributed by atoms with Gasteiger partial charge in [-0.05, 0) is 30.3 Å². The summed E-state index contributed by atoms with van der Waals surface area (Å²) in [5.74, 6) is -0.293. The maximum absolute atomic E-state index is 12.6. The van der Waals surface area contributed by atoms with Crippen molar-refractivity contribution in [3.05, 3.63) is 99.1 Å². The summed E-state index contributed by atoms with van der Waals surface area (Å²) in [6.07, 6.45) is 3.48. The summed E-state index contributed by atoms with van der Waals surface area (Å²) < 4.78 is 2.95. The Labute approximate surface area is 187 Å². The number of hydrogen-bond donors (Lipinski definition) is 1. The lowest BCUT2D eigenvalue weighted by Gasteiger charge is -2.05. The fraction of sp³-hybridized carbons (Fsp3) is 0.0952. The van der Waals surface area contributed by atoms with Gasteiger partial charge in [-0.3, -0.25) is 19.7 Å². The molecule has 10 nitrogen and oxygen atoms in total. The van der Waals surface area contributed by atoms with Crippen molar-refractivity contribution in [1.29, 1.82) is 0 Å². The normalized spacial score (nSPS) is 10.4. The summed E-state index contributed by atoms with van der Waals surface area (Å²) in [6.45, 7) is 0.241. The van der Waals surface area contributed by atoms with Gasteiger partial charge in [0.05, 0.1) is 16.9 Å². The van der Waals surface area contributed by atoms with Crippen LogP contribution in [0, 0.1) is 10.1 Å². The van der Waals surface area contributed by atoms with E-state index in [4.69, 9.17) is 0 Å². The van der Waals surface area contributed by atoms with Crippen LogP contribution in [0.5, 0.6) is 0 Å². The summed E-state index contributed by atoms with van der Waals surface area (Å²) in [5.41, 5.74) is 1.49. The average molecular weight is 453 g/mol. The first-order chi connectivity index (χ1) is 15.0. The van der Waals surface area contributed by atoms with Gasteiger partial charge in [-0.1, -0.05) is 17.3 Å². The van der Waals surface area contributed by atoms with Gasteiger partial charge in [-0.25, -0.2) is 4.68 Å².